The number of fused-ring (bicyclic) bond motifs is 1. The Bertz CT molecular complexity index is 1510. The van der Waals surface area contributed by atoms with Gasteiger partial charge in [-0.25, -0.2) is 4.98 Å². The van der Waals surface area contributed by atoms with Crippen molar-refractivity contribution in [2.75, 3.05) is 5.32 Å². The number of aromatic nitrogens is 5. The fourth-order valence-electron chi connectivity index (χ4n) is 4.09. The molecule has 1 atom stereocenters. The van der Waals surface area contributed by atoms with E-state index in [9.17, 15) is 10.1 Å². The number of anilines is 2. The zero-order valence-corrected chi connectivity index (χ0v) is 19.5. The highest BCUT2D eigenvalue weighted by Gasteiger charge is 2.22. The molecule has 0 saturated carbocycles. The number of pyridine rings is 1. The van der Waals surface area contributed by atoms with Crippen LogP contribution in [0.25, 0.3) is 11.4 Å². The number of benzene rings is 1. The van der Waals surface area contributed by atoms with Crippen molar-refractivity contribution in [1.82, 2.24) is 25.0 Å². The van der Waals surface area contributed by atoms with Crippen LogP contribution in [0.5, 0.6) is 0 Å². The van der Waals surface area contributed by atoms with Crippen molar-refractivity contribution in [2.45, 2.75) is 26.2 Å². The first kappa shape index (κ1) is 22.1. The van der Waals surface area contributed by atoms with E-state index in [1.54, 1.807) is 23.9 Å². The summed E-state index contributed by atoms with van der Waals surface area (Å²) in [6.45, 7) is 3.40. The van der Waals surface area contributed by atoms with Crippen LogP contribution < -0.4 is 5.32 Å². The van der Waals surface area contributed by atoms with Gasteiger partial charge in [0, 0.05) is 42.2 Å². The summed E-state index contributed by atoms with van der Waals surface area (Å²) in [5, 5.41) is 24.9. The van der Waals surface area contributed by atoms with E-state index in [-0.39, 0.29) is 17.4 Å². The van der Waals surface area contributed by atoms with Crippen molar-refractivity contribution in [3.05, 3.63) is 76.7 Å². The van der Waals surface area contributed by atoms with Gasteiger partial charge in [-0.15, -0.1) is 5.10 Å². The second-order valence-electron chi connectivity index (χ2n) is 8.46. The molecule has 0 saturated heterocycles. The molecule has 4 aromatic rings. The maximum absolute atomic E-state index is 12.3. The number of nitriles is 1. The minimum absolute atomic E-state index is 0.0484. The summed E-state index contributed by atoms with van der Waals surface area (Å²) < 4.78 is 1.58. The molecule has 0 aliphatic carbocycles. The fourth-order valence-corrected chi connectivity index (χ4v) is 4.09. The smallest absolute Gasteiger partial charge is 0.163 e. The number of nitrogens with zero attached hydrogens (tertiary/aromatic N) is 7. The first-order valence-electron chi connectivity index (χ1n) is 11.1. The molecule has 1 aliphatic rings. The van der Waals surface area contributed by atoms with Gasteiger partial charge in [-0.3, -0.25) is 14.5 Å². The van der Waals surface area contributed by atoms with E-state index in [1.165, 1.54) is 6.92 Å². The third-order valence-electron chi connectivity index (χ3n) is 5.90. The lowest BCUT2D eigenvalue weighted by Crippen LogP contribution is -2.13. The van der Waals surface area contributed by atoms with E-state index in [1.807, 2.05) is 55.6 Å². The van der Waals surface area contributed by atoms with E-state index >= 15 is 0 Å². The van der Waals surface area contributed by atoms with Crippen LogP contribution in [0.3, 0.4) is 0 Å². The van der Waals surface area contributed by atoms with Gasteiger partial charge < -0.3 is 5.32 Å². The molecular formula is C26H22N8O. The number of carbonyl (C=O) groups excluding carboxylic acids is 1. The molecule has 35 heavy (non-hydrogen) atoms. The van der Waals surface area contributed by atoms with Crippen molar-refractivity contribution < 1.29 is 4.79 Å². The summed E-state index contributed by atoms with van der Waals surface area (Å²) in [5.41, 5.74) is 6.44. The second-order valence-corrected chi connectivity index (χ2v) is 8.46. The standard InChI is InChI=1S/C26H22N8O/c1-15-4-9-25(32-31-15)29-19-6-5-17-10-18(14-28-23(17)11-19)22-8-7-21(16(2)35)26(30-22)24-12-20(13-27)33-34(24)3/h4-9,11-12,14,18H,10H2,1-3H3,(H,29,32). The molecule has 1 aliphatic heterocycles. The number of ketones is 1. The first-order chi connectivity index (χ1) is 16.9. The predicted octanol–water partition coefficient (Wildman–Crippen LogP) is 4.44. The number of carbonyl (C=O) groups is 1. The Morgan fingerprint density at radius 3 is 2.71 bits per heavy atom. The van der Waals surface area contributed by atoms with E-state index in [4.69, 9.17) is 9.98 Å². The predicted molar refractivity (Wildman–Crippen MR) is 132 cm³/mol. The number of nitrogens with one attached hydrogen (secondary N) is 1. The molecule has 0 fully saturated rings. The highest BCUT2D eigenvalue weighted by atomic mass is 16.1. The van der Waals surface area contributed by atoms with E-state index in [2.05, 4.69) is 20.6 Å². The molecular weight excluding hydrogens is 440 g/mol. The molecule has 5 rings (SSSR count). The van der Waals surface area contributed by atoms with E-state index in [0.29, 0.717) is 22.8 Å². The fraction of sp³-hybridized carbons (Fsp3) is 0.192. The summed E-state index contributed by atoms with van der Waals surface area (Å²) in [7, 11) is 1.74. The Hall–Kier alpha value is -4.71. The van der Waals surface area contributed by atoms with Gasteiger partial charge in [0.1, 0.15) is 6.07 Å². The average Bonchev–Trinajstić information content (AvgIpc) is 3.25. The molecule has 1 unspecified atom stereocenters. The monoisotopic (exact) mass is 462 g/mol. The number of rotatable bonds is 5. The largest absolute Gasteiger partial charge is 0.339 e. The Kier molecular flexibility index (Phi) is 5.63. The van der Waals surface area contributed by atoms with Crippen LogP contribution in [0.2, 0.25) is 0 Å². The van der Waals surface area contributed by atoms with Crippen LogP contribution in [0.15, 0.2) is 53.5 Å². The number of hydrogen-bond acceptors (Lipinski definition) is 8. The van der Waals surface area contributed by atoms with Gasteiger partial charge in [0.05, 0.1) is 22.8 Å². The van der Waals surface area contributed by atoms with Crippen molar-refractivity contribution in [3.63, 3.8) is 0 Å². The highest BCUT2D eigenvalue weighted by Crippen LogP contribution is 2.34. The first-order valence-corrected chi connectivity index (χ1v) is 11.1. The van der Waals surface area contributed by atoms with Gasteiger partial charge >= 0.3 is 0 Å². The minimum atomic E-state index is -0.0975. The van der Waals surface area contributed by atoms with Gasteiger partial charge in [0.15, 0.2) is 17.3 Å². The second kappa shape index (κ2) is 8.91. The van der Waals surface area contributed by atoms with Gasteiger partial charge in [0.2, 0.25) is 0 Å². The third-order valence-corrected chi connectivity index (χ3v) is 5.90. The zero-order chi connectivity index (χ0) is 24.5. The SMILES string of the molecule is CC(=O)c1ccc(C2C=Nc3cc(Nc4ccc(C)nn4)ccc3C2)nc1-c1cc(C#N)nn1C. The van der Waals surface area contributed by atoms with Gasteiger partial charge in [-0.05, 0) is 62.2 Å². The Morgan fingerprint density at radius 2 is 2.00 bits per heavy atom. The van der Waals surface area contributed by atoms with E-state index < -0.39 is 0 Å². The quantitative estimate of drug-likeness (QED) is 0.435. The van der Waals surface area contributed by atoms with Crippen molar-refractivity contribution in [1.29, 1.82) is 5.26 Å². The lowest BCUT2D eigenvalue weighted by Gasteiger charge is -2.20. The Balaban J connectivity index is 1.43. The lowest BCUT2D eigenvalue weighted by atomic mass is 9.92. The zero-order valence-electron chi connectivity index (χ0n) is 19.5. The van der Waals surface area contributed by atoms with E-state index in [0.717, 1.165) is 34.7 Å². The van der Waals surface area contributed by atoms with Crippen molar-refractivity contribution in [3.8, 4) is 17.5 Å². The molecule has 172 valence electrons. The third kappa shape index (κ3) is 4.42. The van der Waals surface area contributed by atoms with Crippen LogP contribution in [0.1, 0.15) is 45.8 Å². The lowest BCUT2D eigenvalue weighted by molar-refractivity contribution is 0.101. The molecule has 9 nitrogen and oxygen atoms in total. The Labute approximate surface area is 202 Å². The molecule has 0 radical (unpaired) electrons. The van der Waals surface area contributed by atoms with Crippen LogP contribution >= 0.6 is 0 Å². The number of aliphatic imine (C=N–C) groups is 1. The summed E-state index contributed by atoms with van der Waals surface area (Å²) >= 11 is 0. The minimum Gasteiger partial charge on any atom is -0.339 e. The molecule has 4 heterocycles. The maximum atomic E-state index is 12.3. The van der Waals surface area contributed by atoms with Crippen LogP contribution in [0.4, 0.5) is 17.2 Å². The number of aryl methyl sites for hydroxylation is 2. The number of Topliss-reactive ketones (excluding diaryl/α,β-unsaturated/α-hetero) is 1. The van der Waals surface area contributed by atoms with Gasteiger partial charge in [-0.1, -0.05) is 6.07 Å². The maximum Gasteiger partial charge on any atom is 0.163 e. The average molecular weight is 463 g/mol. The summed E-state index contributed by atoms with van der Waals surface area (Å²) in [5.74, 6) is 0.526. The normalized spacial score (nSPS) is 14.3. The summed E-state index contributed by atoms with van der Waals surface area (Å²) in [6.07, 6.45) is 2.62. The molecule has 0 bridgehead atoms. The summed E-state index contributed by atoms with van der Waals surface area (Å²) in [4.78, 5) is 21.8. The number of hydrogen-bond donors (Lipinski definition) is 1. The van der Waals surface area contributed by atoms with Crippen LogP contribution in [0, 0.1) is 18.3 Å². The molecule has 3 aromatic heterocycles. The molecule has 1 aromatic carbocycles. The summed E-state index contributed by atoms with van der Waals surface area (Å²) in [6, 6.07) is 17.2. The van der Waals surface area contributed by atoms with Crippen molar-refractivity contribution >= 4 is 29.2 Å². The molecule has 0 spiro atoms. The van der Waals surface area contributed by atoms with Gasteiger partial charge in [0.25, 0.3) is 0 Å². The Morgan fingerprint density at radius 1 is 1.14 bits per heavy atom. The highest BCUT2D eigenvalue weighted by molar-refractivity contribution is 5.99. The van der Waals surface area contributed by atoms with Crippen LogP contribution in [-0.4, -0.2) is 37.0 Å². The van der Waals surface area contributed by atoms with Crippen LogP contribution in [-0.2, 0) is 13.5 Å². The van der Waals surface area contributed by atoms with Crippen molar-refractivity contribution in [2.24, 2.45) is 12.0 Å². The topological polar surface area (TPSA) is 122 Å². The molecule has 1 N–H and O–H groups in total. The molecule has 9 heteroatoms. The molecule has 0 amide bonds. The van der Waals surface area contributed by atoms with Gasteiger partial charge in [-0.2, -0.15) is 15.5 Å².